The maximum absolute atomic E-state index is 13.7. The Kier molecular flexibility index (Phi) is 8.77. The number of aromatic nitrogens is 1. The summed E-state index contributed by atoms with van der Waals surface area (Å²) in [5, 5.41) is 3.36. The number of hydrogen-bond donors (Lipinski definition) is 1. The zero-order valence-corrected chi connectivity index (χ0v) is 18.0. The molecule has 1 N–H and O–H groups in total. The largest absolute Gasteiger partial charge is 0.357 e. The highest BCUT2D eigenvalue weighted by atomic mass is 127. The van der Waals surface area contributed by atoms with Gasteiger partial charge in [-0.3, -0.25) is 4.99 Å². The molecule has 0 aliphatic carbocycles. The number of piperazine rings is 1. The summed E-state index contributed by atoms with van der Waals surface area (Å²) in [4.78, 5) is 13.7. The second-order valence-corrected chi connectivity index (χ2v) is 6.24. The molecule has 1 aliphatic rings. The minimum atomic E-state index is -0.156. The molecular weight excluding hydrogens is 456 g/mol. The van der Waals surface area contributed by atoms with Gasteiger partial charge >= 0.3 is 0 Å². The van der Waals surface area contributed by atoms with Crippen molar-refractivity contribution in [2.45, 2.75) is 13.3 Å². The Hall–Kier alpha value is -1.90. The molecule has 1 aliphatic heterocycles. The van der Waals surface area contributed by atoms with E-state index in [2.05, 4.69) is 27.0 Å². The first-order valence-electron chi connectivity index (χ1n) is 9.20. The predicted octanol–water partition coefficient (Wildman–Crippen LogP) is 3.17. The van der Waals surface area contributed by atoms with Crippen LogP contribution in [0.2, 0.25) is 0 Å². The average molecular weight is 483 g/mol. The van der Waals surface area contributed by atoms with Gasteiger partial charge in [-0.05, 0) is 37.1 Å². The number of nitrogens with zero attached hydrogens (tertiary/aromatic N) is 4. The zero-order valence-electron chi connectivity index (χ0n) is 15.6. The highest BCUT2D eigenvalue weighted by Crippen LogP contribution is 2.13. The van der Waals surface area contributed by atoms with Gasteiger partial charge in [-0.15, -0.1) is 24.0 Å². The Morgan fingerprint density at radius 1 is 1.11 bits per heavy atom. The third-order valence-electron chi connectivity index (χ3n) is 4.49. The molecule has 2 heterocycles. The number of aliphatic imine (C=N–C) groups is 1. The summed E-state index contributed by atoms with van der Waals surface area (Å²) < 4.78 is 13.7. The summed E-state index contributed by atoms with van der Waals surface area (Å²) in [5.41, 5.74) is 0.715. The van der Waals surface area contributed by atoms with Gasteiger partial charge in [-0.1, -0.05) is 24.3 Å². The number of benzene rings is 1. The zero-order chi connectivity index (χ0) is 18.2. The van der Waals surface area contributed by atoms with Gasteiger partial charge in [0.15, 0.2) is 5.96 Å². The smallest absolute Gasteiger partial charge is 0.194 e. The van der Waals surface area contributed by atoms with Crippen molar-refractivity contribution in [2.24, 2.45) is 4.99 Å². The second-order valence-electron chi connectivity index (χ2n) is 6.24. The lowest BCUT2D eigenvalue weighted by atomic mass is 10.1. The van der Waals surface area contributed by atoms with Gasteiger partial charge in [-0.25, -0.2) is 9.37 Å². The molecule has 0 radical (unpaired) electrons. The fraction of sp³-hybridized carbons (Fsp3) is 0.400. The van der Waals surface area contributed by atoms with Crippen LogP contribution in [-0.2, 0) is 6.42 Å². The van der Waals surface area contributed by atoms with Crippen molar-refractivity contribution in [1.29, 1.82) is 0 Å². The molecule has 0 spiro atoms. The van der Waals surface area contributed by atoms with E-state index in [9.17, 15) is 4.39 Å². The summed E-state index contributed by atoms with van der Waals surface area (Å²) in [7, 11) is 0. The number of rotatable bonds is 5. The van der Waals surface area contributed by atoms with Crippen LogP contribution in [0.25, 0.3) is 0 Å². The van der Waals surface area contributed by atoms with Gasteiger partial charge in [0.2, 0.25) is 0 Å². The summed E-state index contributed by atoms with van der Waals surface area (Å²) >= 11 is 0. The molecule has 27 heavy (non-hydrogen) atoms. The maximum atomic E-state index is 13.7. The molecule has 0 atom stereocenters. The molecule has 0 saturated carbocycles. The summed E-state index contributed by atoms with van der Waals surface area (Å²) in [5.74, 6) is 1.77. The van der Waals surface area contributed by atoms with Crippen LogP contribution in [0.1, 0.15) is 12.5 Å². The number of guanidine groups is 1. The van der Waals surface area contributed by atoms with E-state index in [4.69, 9.17) is 4.99 Å². The molecule has 2 aromatic rings. The Balaban J connectivity index is 0.00000261. The molecule has 3 rings (SSSR count). The van der Waals surface area contributed by atoms with Crippen molar-refractivity contribution in [1.82, 2.24) is 15.2 Å². The molecule has 0 bridgehead atoms. The predicted molar refractivity (Wildman–Crippen MR) is 120 cm³/mol. The third-order valence-corrected chi connectivity index (χ3v) is 4.49. The Bertz CT molecular complexity index is 717. The lowest BCUT2D eigenvalue weighted by Crippen LogP contribution is -2.52. The first kappa shape index (κ1) is 21.4. The first-order valence-corrected chi connectivity index (χ1v) is 9.20. The van der Waals surface area contributed by atoms with Crippen molar-refractivity contribution in [3.8, 4) is 0 Å². The number of nitrogens with one attached hydrogen (secondary N) is 1. The van der Waals surface area contributed by atoms with Crippen molar-refractivity contribution >= 4 is 35.8 Å². The highest BCUT2D eigenvalue weighted by molar-refractivity contribution is 14.0. The van der Waals surface area contributed by atoms with E-state index in [-0.39, 0.29) is 29.8 Å². The van der Waals surface area contributed by atoms with Crippen LogP contribution < -0.4 is 10.2 Å². The number of halogens is 2. The van der Waals surface area contributed by atoms with Gasteiger partial charge in [0.1, 0.15) is 11.6 Å². The van der Waals surface area contributed by atoms with E-state index in [1.54, 1.807) is 6.07 Å². The lowest BCUT2D eigenvalue weighted by Gasteiger charge is -2.37. The molecule has 0 amide bonds. The van der Waals surface area contributed by atoms with E-state index in [0.29, 0.717) is 18.5 Å². The quantitative estimate of drug-likeness (QED) is 0.403. The van der Waals surface area contributed by atoms with Crippen molar-refractivity contribution < 1.29 is 4.39 Å². The number of hydrogen-bond acceptors (Lipinski definition) is 3. The molecule has 0 unspecified atom stereocenters. The fourth-order valence-electron chi connectivity index (χ4n) is 3.10. The lowest BCUT2D eigenvalue weighted by molar-refractivity contribution is 0.371. The van der Waals surface area contributed by atoms with Crippen LogP contribution in [0.4, 0.5) is 10.2 Å². The second kappa shape index (κ2) is 11.1. The van der Waals surface area contributed by atoms with Crippen LogP contribution in [0.3, 0.4) is 0 Å². The van der Waals surface area contributed by atoms with E-state index < -0.39 is 0 Å². The van der Waals surface area contributed by atoms with E-state index in [1.165, 1.54) is 6.07 Å². The van der Waals surface area contributed by atoms with Crippen molar-refractivity contribution in [3.63, 3.8) is 0 Å². The molecule has 146 valence electrons. The molecule has 7 heteroatoms. The van der Waals surface area contributed by atoms with E-state index >= 15 is 0 Å². The van der Waals surface area contributed by atoms with Gasteiger partial charge in [0.25, 0.3) is 0 Å². The first-order chi connectivity index (χ1) is 12.8. The molecular formula is C20H27FIN5. The summed E-state index contributed by atoms with van der Waals surface area (Å²) in [6.45, 7) is 7.06. The highest BCUT2D eigenvalue weighted by Gasteiger charge is 2.20. The van der Waals surface area contributed by atoms with E-state index in [0.717, 1.165) is 44.5 Å². The number of pyridine rings is 1. The Labute approximate surface area is 177 Å². The van der Waals surface area contributed by atoms with Crippen LogP contribution in [-0.4, -0.2) is 55.1 Å². The van der Waals surface area contributed by atoms with Crippen molar-refractivity contribution in [2.75, 3.05) is 44.2 Å². The van der Waals surface area contributed by atoms with Crippen LogP contribution >= 0.6 is 24.0 Å². The standard InChI is InChI=1S/C20H26FN5.HI/c1-2-22-20(24-12-10-17-7-3-4-8-18(17)21)26-15-13-25(14-16-26)19-9-5-6-11-23-19;/h3-9,11H,2,10,12-16H2,1H3,(H,22,24);1H. The van der Waals surface area contributed by atoms with Crippen molar-refractivity contribution in [3.05, 3.63) is 60.0 Å². The monoisotopic (exact) mass is 483 g/mol. The fourth-order valence-corrected chi connectivity index (χ4v) is 3.10. The molecule has 1 fully saturated rings. The Morgan fingerprint density at radius 3 is 2.52 bits per heavy atom. The Morgan fingerprint density at radius 2 is 1.85 bits per heavy atom. The number of anilines is 1. The van der Waals surface area contributed by atoms with Crippen LogP contribution in [0, 0.1) is 5.82 Å². The van der Waals surface area contributed by atoms with Gasteiger partial charge in [0.05, 0.1) is 0 Å². The summed E-state index contributed by atoms with van der Waals surface area (Å²) in [6, 6.07) is 12.9. The molecule has 1 aromatic heterocycles. The average Bonchev–Trinajstić information content (AvgIpc) is 2.69. The van der Waals surface area contributed by atoms with Crippen LogP contribution in [0.15, 0.2) is 53.7 Å². The van der Waals surface area contributed by atoms with E-state index in [1.807, 2.05) is 36.5 Å². The SMILES string of the molecule is CCNC(=NCCc1ccccc1F)N1CCN(c2ccccn2)CC1.I. The van der Waals surface area contributed by atoms with Gasteiger partial charge in [0, 0.05) is 45.5 Å². The molecule has 1 aromatic carbocycles. The minimum Gasteiger partial charge on any atom is -0.357 e. The normalized spacial score (nSPS) is 14.7. The minimum absolute atomic E-state index is 0. The third kappa shape index (κ3) is 6.05. The maximum Gasteiger partial charge on any atom is 0.194 e. The molecule has 5 nitrogen and oxygen atoms in total. The van der Waals surface area contributed by atoms with Crippen LogP contribution in [0.5, 0.6) is 0 Å². The summed E-state index contributed by atoms with van der Waals surface area (Å²) in [6.07, 6.45) is 2.44. The molecule has 1 saturated heterocycles. The van der Waals surface area contributed by atoms with Gasteiger partial charge < -0.3 is 15.1 Å². The topological polar surface area (TPSA) is 43.8 Å². The van der Waals surface area contributed by atoms with Gasteiger partial charge in [-0.2, -0.15) is 0 Å².